The number of rotatable bonds is 7. The van der Waals surface area contributed by atoms with Crippen LogP contribution >= 0.6 is 0 Å². The number of nitrogens with zero attached hydrogens (tertiary/aromatic N) is 1. The van der Waals surface area contributed by atoms with Gasteiger partial charge in [-0.05, 0) is 24.6 Å². The van der Waals surface area contributed by atoms with Crippen LogP contribution < -0.4 is 15.8 Å². The van der Waals surface area contributed by atoms with E-state index in [1.54, 1.807) is 25.3 Å². The number of carbonyl (C=O) groups is 1. The molecule has 1 atom stereocenters. The summed E-state index contributed by atoms with van der Waals surface area (Å²) in [6, 6.07) is 5.24. The molecule has 122 valence electrons. The molecule has 7 heteroatoms. The lowest BCUT2D eigenvalue weighted by atomic mass is 10.1. The van der Waals surface area contributed by atoms with Crippen molar-refractivity contribution in [3.63, 3.8) is 0 Å². The lowest BCUT2D eigenvalue weighted by molar-refractivity contribution is 0.0597. The van der Waals surface area contributed by atoms with Crippen LogP contribution in [0.4, 0.5) is 0 Å². The minimum Gasteiger partial charge on any atom is -0.496 e. The van der Waals surface area contributed by atoms with Gasteiger partial charge in [-0.15, -0.1) is 0 Å². The Hall–Kier alpha value is -2.28. The summed E-state index contributed by atoms with van der Waals surface area (Å²) in [5.41, 5.74) is 7.04. The van der Waals surface area contributed by atoms with Gasteiger partial charge in [0.1, 0.15) is 11.3 Å². The number of nitrogens with one attached hydrogen (secondary N) is 1. The van der Waals surface area contributed by atoms with Crippen LogP contribution in [0.2, 0.25) is 0 Å². The first-order chi connectivity index (χ1) is 10.5. The van der Waals surface area contributed by atoms with Gasteiger partial charge in [-0.25, -0.2) is 9.79 Å². The van der Waals surface area contributed by atoms with Crippen molar-refractivity contribution < 1.29 is 19.0 Å². The Bertz CT molecular complexity index is 532. The van der Waals surface area contributed by atoms with E-state index in [2.05, 4.69) is 10.3 Å². The van der Waals surface area contributed by atoms with Gasteiger partial charge in [-0.3, -0.25) is 0 Å². The lowest BCUT2D eigenvalue weighted by Crippen LogP contribution is -2.40. The second-order valence-electron chi connectivity index (χ2n) is 4.73. The summed E-state index contributed by atoms with van der Waals surface area (Å²) in [7, 11) is 4.45. The molecule has 0 aromatic heterocycles. The van der Waals surface area contributed by atoms with Gasteiger partial charge in [-0.2, -0.15) is 0 Å². The molecule has 22 heavy (non-hydrogen) atoms. The van der Waals surface area contributed by atoms with Crippen molar-refractivity contribution >= 4 is 11.9 Å². The highest BCUT2D eigenvalue weighted by Crippen LogP contribution is 2.21. The summed E-state index contributed by atoms with van der Waals surface area (Å²) in [5, 5.41) is 3.02. The van der Waals surface area contributed by atoms with Crippen LogP contribution in [0.5, 0.6) is 5.75 Å². The fourth-order valence-electron chi connectivity index (χ4n) is 1.88. The van der Waals surface area contributed by atoms with Crippen LogP contribution in [0.3, 0.4) is 0 Å². The summed E-state index contributed by atoms with van der Waals surface area (Å²) in [4.78, 5) is 15.8. The predicted molar refractivity (Wildman–Crippen MR) is 84.1 cm³/mol. The average molecular weight is 309 g/mol. The molecule has 0 spiro atoms. The molecule has 0 aliphatic carbocycles. The maximum absolute atomic E-state index is 11.6. The molecule has 0 aliphatic rings. The SMILES string of the molecule is COCC(C)NC(N)=NCc1ccc(C(=O)OC)c(OC)c1. The Kier molecular flexibility index (Phi) is 7.18. The number of guanidine groups is 1. The first-order valence-corrected chi connectivity index (χ1v) is 6.82. The van der Waals surface area contributed by atoms with Crippen LogP contribution in [0, 0.1) is 0 Å². The van der Waals surface area contributed by atoms with Gasteiger partial charge < -0.3 is 25.3 Å². The number of methoxy groups -OCH3 is 3. The van der Waals surface area contributed by atoms with Gasteiger partial charge in [0.15, 0.2) is 5.96 Å². The number of aliphatic imine (C=N–C) groups is 1. The summed E-state index contributed by atoms with van der Waals surface area (Å²) in [6.45, 7) is 2.86. The molecule has 1 aromatic rings. The van der Waals surface area contributed by atoms with E-state index in [-0.39, 0.29) is 6.04 Å². The molecule has 0 amide bonds. The quantitative estimate of drug-likeness (QED) is 0.442. The second-order valence-corrected chi connectivity index (χ2v) is 4.73. The molecule has 1 aromatic carbocycles. The van der Waals surface area contributed by atoms with Crippen molar-refractivity contribution in [2.75, 3.05) is 27.9 Å². The Balaban J connectivity index is 2.76. The van der Waals surface area contributed by atoms with Crippen molar-refractivity contribution in [3.05, 3.63) is 29.3 Å². The minimum atomic E-state index is -0.443. The third kappa shape index (κ3) is 5.25. The third-order valence-corrected chi connectivity index (χ3v) is 2.91. The topological polar surface area (TPSA) is 95.2 Å². The molecule has 0 saturated carbocycles. The first kappa shape index (κ1) is 17.8. The molecule has 0 saturated heterocycles. The highest BCUT2D eigenvalue weighted by atomic mass is 16.5. The number of hydrogen-bond acceptors (Lipinski definition) is 5. The molecule has 0 fully saturated rings. The lowest BCUT2D eigenvalue weighted by Gasteiger charge is -2.13. The number of esters is 1. The van der Waals surface area contributed by atoms with E-state index >= 15 is 0 Å². The normalized spacial score (nSPS) is 12.6. The van der Waals surface area contributed by atoms with Crippen LogP contribution in [0.25, 0.3) is 0 Å². The zero-order valence-electron chi connectivity index (χ0n) is 13.4. The highest BCUT2D eigenvalue weighted by Gasteiger charge is 2.12. The van der Waals surface area contributed by atoms with Crippen LogP contribution in [0.15, 0.2) is 23.2 Å². The summed E-state index contributed by atoms with van der Waals surface area (Å²) in [5.74, 6) is 0.334. The van der Waals surface area contributed by atoms with E-state index in [9.17, 15) is 4.79 Å². The zero-order valence-corrected chi connectivity index (χ0v) is 13.4. The Morgan fingerprint density at radius 3 is 2.68 bits per heavy atom. The van der Waals surface area contributed by atoms with E-state index in [4.69, 9.17) is 19.9 Å². The first-order valence-electron chi connectivity index (χ1n) is 6.82. The maximum atomic E-state index is 11.6. The van der Waals surface area contributed by atoms with Crippen LogP contribution in [0.1, 0.15) is 22.8 Å². The smallest absolute Gasteiger partial charge is 0.341 e. The standard InChI is InChI=1S/C15H23N3O4/c1-10(9-20-2)18-15(16)17-8-11-5-6-12(14(19)22-4)13(7-11)21-3/h5-7,10H,8-9H2,1-4H3,(H3,16,17,18). The molecule has 0 heterocycles. The van der Waals surface area contributed by atoms with E-state index in [0.717, 1.165) is 5.56 Å². The Morgan fingerprint density at radius 2 is 2.09 bits per heavy atom. The van der Waals surface area contributed by atoms with Crippen molar-refractivity contribution in [1.29, 1.82) is 0 Å². The minimum absolute atomic E-state index is 0.0741. The Morgan fingerprint density at radius 1 is 1.36 bits per heavy atom. The monoisotopic (exact) mass is 309 g/mol. The number of ether oxygens (including phenoxy) is 3. The molecular formula is C15H23N3O4. The van der Waals surface area contributed by atoms with Crippen molar-refractivity contribution in [3.8, 4) is 5.75 Å². The van der Waals surface area contributed by atoms with Gasteiger partial charge in [0.05, 0.1) is 27.4 Å². The summed E-state index contributed by atoms with van der Waals surface area (Å²) < 4.78 is 14.9. The van der Waals surface area contributed by atoms with E-state index in [1.807, 2.05) is 6.92 Å². The largest absolute Gasteiger partial charge is 0.496 e. The van der Waals surface area contributed by atoms with Crippen molar-refractivity contribution in [2.24, 2.45) is 10.7 Å². The second kappa shape index (κ2) is 8.89. The fraction of sp³-hybridized carbons (Fsp3) is 0.467. The summed E-state index contributed by atoms with van der Waals surface area (Å²) in [6.07, 6.45) is 0. The highest BCUT2D eigenvalue weighted by molar-refractivity contribution is 5.92. The van der Waals surface area contributed by atoms with Crippen LogP contribution in [-0.4, -0.2) is 45.9 Å². The van der Waals surface area contributed by atoms with Gasteiger partial charge in [-0.1, -0.05) is 6.07 Å². The fourth-order valence-corrected chi connectivity index (χ4v) is 1.88. The van der Waals surface area contributed by atoms with Crippen molar-refractivity contribution in [1.82, 2.24) is 5.32 Å². The average Bonchev–Trinajstić information content (AvgIpc) is 2.52. The van der Waals surface area contributed by atoms with E-state index < -0.39 is 5.97 Å². The maximum Gasteiger partial charge on any atom is 0.341 e. The molecule has 0 aliphatic heterocycles. The predicted octanol–water partition coefficient (Wildman–Crippen LogP) is 0.921. The molecule has 1 rings (SSSR count). The Labute approximate surface area is 130 Å². The number of hydrogen-bond donors (Lipinski definition) is 2. The molecule has 1 unspecified atom stereocenters. The van der Waals surface area contributed by atoms with Gasteiger partial charge >= 0.3 is 5.97 Å². The van der Waals surface area contributed by atoms with Gasteiger partial charge in [0.25, 0.3) is 0 Å². The number of carbonyl (C=O) groups excluding carboxylic acids is 1. The van der Waals surface area contributed by atoms with E-state index in [0.29, 0.717) is 30.4 Å². The third-order valence-electron chi connectivity index (χ3n) is 2.91. The van der Waals surface area contributed by atoms with Gasteiger partial charge in [0.2, 0.25) is 0 Å². The molecule has 0 bridgehead atoms. The molecule has 7 nitrogen and oxygen atoms in total. The molecule has 0 radical (unpaired) electrons. The number of benzene rings is 1. The van der Waals surface area contributed by atoms with Gasteiger partial charge in [0, 0.05) is 13.2 Å². The van der Waals surface area contributed by atoms with Crippen molar-refractivity contribution in [2.45, 2.75) is 19.5 Å². The zero-order chi connectivity index (χ0) is 16.5. The van der Waals surface area contributed by atoms with E-state index in [1.165, 1.54) is 14.2 Å². The molecular weight excluding hydrogens is 286 g/mol. The summed E-state index contributed by atoms with van der Waals surface area (Å²) >= 11 is 0. The van der Waals surface area contributed by atoms with Crippen LogP contribution in [-0.2, 0) is 16.0 Å². The number of nitrogens with two attached hydrogens (primary N) is 1. The molecule has 3 N–H and O–H groups in total.